The zero-order valence-corrected chi connectivity index (χ0v) is 11.7. The number of nitrogens with one attached hydrogen (secondary N) is 1. The van der Waals surface area contributed by atoms with Gasteiger partial charge in [-0.2, -0.15) is 0 Å². The van der Waals surface area contributed by atoms with Crippen LogP contribution in [0.2, 0.25) is 0 Å². The minimum absolute atomic E-state index is 0.0407. The van der Waals surface area contributed by atoms with Gasteiger partial charge in [0.05, 0.1) is 7.11 Å². The van der Waals surface area contributed by atoms with E-state index in [9.17, 15) is 9.59 Å². The molecule has 5 nitrogen and oxygen atoms in total. The molecular weight excluding hydrogens is 256 g/mol. The molecule has 1 heterocycles. The quantitative estimate of drug-likeness (QED) is 0.917. The third-order valence-electron chi connectivity index (χ3n) is 3.63. The molecule has 0 unspecified atom stereocenters. The molecule has 2 rings (SSSR count). The van der Waals surface area contributed by atoms with E-state index in [1.54, 1.807) is 17.0 Å². The number of hydrogen-bond acceptors (Lipinski definition) is 3. The number of likely N-dealkylation sites (tertiary alicyclic amines) is 1. The molecule has 1 aliphatic rings. The predicted molar refractivity (Wildman–Crippen MR) is 75.5 cm³/mol. The van der Waals surface area contributed by atoms with Crippen LogP contribution in [0, 0.1) is 5.92 Å². The fraction of sp³-hybridized carbons (Fsp3) is 0.467. The van der Waals surface area contributed by atoms with Crippen LogP contribution < -0.4 is 5.32 Å². The van der Waals surface area contributed by atoms with Crippen molar-refractivity contribution in [3.8, 4) is 0 Å². The van der Waals surface area contributed by atoms with E-state index < -0.39 is 0 Å². The lowest BCUT2D eigenvalue weighted by Crippen LogP contribution is -2.41. The molecule has 1 fully saturated rings. The summed E-state index contributed by atoms with van der Waals surface area (Å²) >= 11 is 0. The number of benzene rings is 1. The van der Waals surface area contributed by atoms with Crippen molar-refractivity contribution in [3.63, 3.8) is 0 Å². The van der Waals surface area contributed by atoms with E-state index in [0.717, 1.165) is 12.8 Å². The van der Waals surface area contributed by atoms with Crippen molar-refractivity contribution in [2.75, 3.05) is 26.7 Å². The Kier molecular flexibility index (Phi) is 4.98. The number of nitrogens with zero attached hydrogens (tertiary/aromatic N) is 1. The van der Waals surface area contributed by atoms with E-state index in [1.165, 1.54) is 7.11 Å². The summed E-state index contributed by atoms with van der Waals surface area (Å²) < 4.78 is 4.70. The fourth-order valence-electron chi connectivity index (χ4n) is 2.38. The van der Waals surface area contributed by atoms with Crippen molar-refractivity contribution in [1.29, 1.82) is 0 Å². The number of carbonyl (C=O) groups is 2. The molecule has 5 heteroatoms. The highest BCUT2D eigenvalue weighted by atomic mass is 16.5. The Labute approximate surface area is 118 Å². The lowest BCUT2D eigenvalue weighted by atomic mass is 9.97. The number of piperidine rings is 1. The van der Waals surface area contributed by atoms with Gasteiger partial charge in [-0.1, -0.05) is 18.2 Å². The van der Waals surface area contributed by atoms with Crippen LogP contribution in [0.4, 0.5) is 4.79 Å². The van der Waals surface area contributed by atoms with E-state index in [4.69, 9.17) is 4.74 Å². The minimum Gasteiger partial charge on any atom is -0.453 e. The van der Waals surface area contributed by atoms with Gasteiger partial charge >= 0.3 is 6.09 Å². The summed E-state index contributed by atoms with van der Waals surface area (Å²) in [4.78, 5) is 25.0. The maximum atomic E-state index is 11.9. The Morgan fingerprint density at radius 1 is 1.25 bits per heavy atom. The van der Waals surface area contributed by atoms with Crippen molar-refractivity contribution in [1.82, 2.24) is 10.2 Å². The molecule has 0 bridgehead atoms. The third kappa shape index (κ3) is 3.73. The highest BCUT2D eigenvalue weighted by molar-refractivity contribution is 5.94. The monoisotopic (exact) mass is 276 g/mol. The van der Waals surface area contributed by atoms with Gasteiger partial charge in [-0.25, -0.2) is 4.79 Å². The largest absolute Gasteiger partial charge is 0.453 e. The average Bonchev–Trinajstić information content (AvgIpc) is 2.53. The predicted octanol–water partition coefficient (Wildman–Crippen LogP) is 1.89. The number of hydrogen-bond donors (Lipinski definition) is 1. The topological polar surface area (TPSA) is 58.6 Å². The molecule has 2 amide bonds. The first-order valence-electron chi connectivity index (χ1n) is 6.87. The van der Waals surface area contributed by atoms with Crippen LogP contribution in [-0.2, 0) is 4.74 Å². The van der Waals surface area contributed by atoms with Gasteiger partial charge in [-0.15, -0.1) is 0 Å². The maximum Gasteiger partial charge on any atom is 0.409 e. The first-order chi connectivity index (χ1) is 9.70. The molecule has 0 aliphatic carbocycles. The molecule has 0 radical (unpaired) electrons. The molecular formula is C15H20N2O3. The highest BCUT2D eigenvalue weighted by Crippen LogP contribution is 2.17. The van der Waals surface area contributed by atoms with Gasteiger partial charge in [0.2, 0.25) is 0 Å². The van der Waals surface area contributed by atoms with Gasteiger partial charge in [0.25, 0.3) is 5.91 Å². The normalized spacial score (nSPS) is 15.8. The minimum atomic E-state index is -0.267. The van der Waals surface area contributed by atoms with Gasteiger partial charge in [-0.05, 0) is 30.9 Å². The number of rotatable bonds is 3. The summed E-state index contributed by atoms with van der Waals surface area (Å²) in [6, 6.07) is 9.19. The second-order valence-corrected chi connectivity index (χ2v) is 4.98. The standard InChI is InChI=1S/C15H20N2O3/c1-20-15(19)17-9-7-12(8-10-17)11-16-14(18)13-5-3-2-4-6-13/h2-6,12H,7-11H2,1H3,(H,16,18). The molecule has 0 aromatic heterocycles. The molecule has 1 aromatic rings. The summed E-state index contributed by atoms with van der Waals surface area (Å²) in [5, 5.41) is 2.95. The molecule has 1 aliphatic heterocycles. The molecule has 1 N–H and O–H groups in total. The summed E-state index contributed by atoms with van der Waals surface area (Å²) in [5.74, 6) is 0.379. The molecule has 20 heavy (non-hydrogen) atoms. The third-order valence-corrected chi connectivity index (χ3v) is 3.63. The smallest absolute Gasteiger partial charge is 0.409 e. The number of amides is 2. The SMILES string of the molecule is COC(=O)N1CCC(CNC(=O)c2ccccc2)CC1. The van der Waals surface area contributed by atoms with Crippen molar-refractivity contribution >= 4 is 12.0 Å². The van der Waals surface area contributed by atoms with Gasteiger partial charge in [0.15, 0.2) is 0 Å². The van der Waals surface area contributed by atoms with Gasteiger partial charge in [-0.3, -0.25) is 4.79 Å². The Hall–Kier alpha value is -2.04. The van der Waals surface area contributed by atoms with E-state index in [-0.39, 0.29) is 12.0 Å². The number of carbonyl (C=O) groups excluding carboxylic acids is 2. The Morgan fingerprint density at radius 3 is 2.50 bits per heavy atom. The fourth-order valence-corrected chi connectivity index (χ4v) is 2.38. The van der Waals surface area contributed by atoms with Gasteiger partial charge in [0, 0.05) is 25.2 Å². The van der Waals surface area contributed by atoms with Crippen LogP contribution in [-0.4, -0.2) is 43.6 Å². The van der Waals surface area contributed by atoms with Crippen molar-refractivity contribution in [2.45, 2.75) is 12.8 Å². The highest BCUT2D eigenvalue weighted by Gasteiger charge is 2.23. The molecule has 1 aromatic carbocycles. The summed E-state index contributed by atoms with van der Waals surface area (Å²) in [6.45, 7) is 2.04. The van der Waals surface area contributed by atoms with Crippen LogP contribution >= 0.6 is 0 Å². The Bertz CT molecular complexity index is 453. The van der Waals surface area contributed by atoms with Crippen molar-refractivity contribution < 1.29 is 14.3 Å². The Balaban J connectivity index is 1.74. The Morgan fingerprint density at radius 2 is 1.90 bits per heavy atom. The summed E-state index contributed by atoms with van der Waals surface area (Å²) in [5.41, 5.74) is 0.680. The van der Waals surface area contributed by atoms with E-state index >= 15 is 0 Å². The van der Waals surface area contributed by atoms with Crippen LogP contribution in [0.1, 0.15) is 23.2 Å². The maximum absolute atomic E-state index is 11.9. The van der Waals surface area contributed by atoms with Gasteiger partial charge < -0.3 is 15.0 Å². The van der Waals surface area contributed by atoms with Crippen LogP contribution in [0.3, 0.4) is 0 Å². The van der Waals surface area contributed by atoms with Crippen molar-refractivity contribution in [3.05, 3.63) is 35.9 Å². The second kappa shape index (κ2) is 6.93. The lowest BCUT2D eigenvalue weighted by molar-refractivity contribution is 0.0914. The number of ether oxygens (including phenoxy) is 1. The van der Waals surface area contributed by atoms with Crippen LogP contribution in [0.15, 0.2) is 30.3 Å². The first-order valence-corrected chi connectivity index (χ1v) is 6.87. The molecule has 1 saturated heterocycles. The van der Waals surface area contributed by atoms with E-state index in [0.29, 0.717) is 31.1 Å². The van der Waals surface area contributed by atoms with Crippen LogP contribution in [0.25, 0.3) is 0 Å². The zero-order chi connectivity index (χ0) is 14.4. The van der Waals surface area contributed by atoms with Gasteiger partial charge in [0.1, 0.15) is 0 Å². The lowest BCUT2D eigenvalue weighted by Gasteiger charge is -2.30. The van der Waals surface area contributed by atoms with E-state index in [1.807, 2.05) is 18.2 Å². The average molecular weight is 276 g/mol. The summed E-state index contributed by atoms with van der Waals surface area (Å²) in [7, 11) is 1.40. The molecule has 0 saturated carbocycles. The zero-order valence-electron chi connectivity index (χ0n) is 11.7. The molecule has 0 atom stereocenters. The molecule has 0 spiro atoms. The van der Waals surface area contributed by atoms with Crippen LogP contribution in [0.5, 0.6) is 0 Å². The first kappa shape index (κ1) is 14.4. The number of methoxy groups -OCH3 is 1. The van der Waals surface area contributed by atoms with Crippen molar-refractivity contribution in [2.24, 2.45) is 5.92 Å². The van der Waals surface area contributed by atoms with E-state index in [2.05, 4.69) is 5.32 Å². The summed E-state index contributed by atoms with van der Waals surface area (Å²) in [6.07, 6.45) is 1.52. The molecule has 108 valence electrons. The second-order valence-electron chi connectivity index (χ2n) is 4.98.